The molecule has 0 radical (unpaired) electrons. The van der Waals surface area contributed by atoms with E-state index < -0.39 is 17.2 Å². The van der Waals surface area contributed by atoms with Gasteiger partial charge < -0.3 is 5.48 Å². The molecule has 0 rings (SSSR count). The monoisotopic (exact) mass is 164 g/mol. The van der Waals surface area contributed by atoms with E-state index in [9.17, 15) is 0 Å². The summed E-state index contributed by atoms with van der Waals surface area (Å²) in [5.74, 6) is 0. The van der Waals surface area contributed by atoms with Crippen LogP contribution in [-0.2, 0) is 27.4 Å². The SMILES string of the molecule is O.[O]=[Mo](=[O])=[O]. The zero-order chi connectivity index (χ0) is 3.58. The molecule has 0 spiro atoms. The van der Waals surface area contributed by atoms with E-state index in [0.29, 0.717) is 0 Å². The number of rotatable bonds is 0. The molecule has 5 heavy (non-hydrogen) atoms. The van der Waals surface area contributed by atoms with Crippen molar-refractivity contribution in [3.8, 4) is 0 Å². The fourth-order valence-electron chi connectivity index (χ4n) is 0. The summed E-state index contributed by atoms with van der Waals surface area (Å²) >= 11 is -4.11. The van der Waals surface area contributed by atoms with E-state index in [4.69, 9.17) is 10.2 Å². The van der Waals surface area contributed by atoms with Crippen molar-refractivity contribution in [2.75, 3.05) is 0 Å². The Kier molecular flexibility index (Phi) is 7.21. The van der Waals surface area contributed by atoms with Gasteiger partial charge in [0, 0.05) is 0 Å². The van der Waals surface area contributed by atoms with Gasteiger partial charge in [0.25, 0.3) is 0 Å². The quantitative estimate of drug-likeness (QED) is 0.420. The van der Waals surface area contributed by atoms with E-state index >= 15 is 0 Å². The van der Waals surface area contributed by atoms with Gasteiger partial charge in [-0.15, -0.1) is 0 Å². The Morgan fingerprint density at radius 3 is 1.00 bits per heavy atom. The summed E-state index contributed by atoms with van der Waals surface area (Å²) in [6, 6.07) is 0. The Balaban J connectivity index is 0. The maximum atomic E-state index is 8.59. The number of hydrogen-bond acceptors (Lipinski definition) is 3. The summed E-state index contributed by atoms with van der Waals surface area (Å²) in [6.45, 7) is 0. The average Bonchev–Trinajstić information content (AvgIpc) is 0.811. The molecule has 4 nitrogen and oxygen atoms in total. The van der Waals surface area contributed by atoms with E-state index in [0.717, 1.165) is 0 Å². The van der Waals surface area contributed by atoms with Gasteiger partial charge in [0.05, 0.1) is 0 Å². The molecule has 0 fully saturated rings. The Labute approximate surface area is 33.6 Å². The summed E-state index contributed by atoms with van der Waals surface area (Å²) < 4.78 is 25.8. The van der Waals surface area contributed by atoms with Crippen molar-refractivity contribution in [1.82, 2.24) is 0 Å². The standard InChI is InChI=1S/Mo.H2O.3O/h;1H2;;;. The van der Waals surface area contributed by atoms with Crippen LogP contribution >= 0.6 is 0 Å². The molecule has 0 aromatic rings. The molecule has 0 aromatic carbocycles. The van der Waals surface area contributed by atoms with E-state index in [1.54, 1.807) is 0 Å². The van der Waals surface area contributed by atoms with Crippen LogP contribution in [0.3, 0.4) is 0 Å². The Morgan fingerprint density at radius 2 is 1.00 bits per heavy atom. The predicted octanol–water partition coefficient (Wildman–Crippen LogP) is -1.18. The van der Waals surface area contributed by atoms with Crippen LogP contribution in [0.1, 0.15) is 0 Å². The summed E-state index contributed by atoms with van der Waals surface area (Å²) in [7, 11) is 0. The minimum absolute atomic E-state index is 0. The van der Waals surface area contributed by atoms with Crippen molar-refractivity contribution in [2.45, 2.75) is 0 Å². The van der Waals surface area contributed by atoms with Crippen LogP contribution in [0.5, 0.6) is 0 Å². The second-order valence-electron chi connectivity index (χ2n) is 0.204. The summed E-state index contributed by atoms with van der Waals surface area (Å²) in [5, 5.41) is 0. The van der Waals surface area contributed by atoms with Crippen LogP contribution in [0, 0.1) is 0 Å². The van der Waals surface area contributed by atoms with E-state index in [1.807, 2.05) is 0 Å². The first kappa shape index (κ1) is 8.90. The van der Waals surface area contributed by atoms with Crippen molar-refractivity contribution in [2.24, 2.45) is 0 Å². The van der Waals surface area contributed by atoms with Gasteiger partial charge in [-0.3, -0.25) is 0 Å². The third-order valence-corrected chi connectivity index (χ3v) is 0. The third-order valence-electron chi connectivity index (χ3n) is 0. The summed E-state index contributed by atoms with van der Waals surface area (Å²) in [4.78, 5) is 0. The normalized spacial score (nSPS) is 4.80. The molecule has 0 atom stereocenters. The molecule has 0 unspecified atom stereocenters. The number of hydrogen-bond donors (Lipinski definition) is 0. The molecule has 0 heterocycles. The molecule has 0 aliphatic heterocycles. The fraction of sp³-hybridized carbons (Fsp3) is 0. The molecule has 32 valence electrons. The Hall–Kier alpha value is 0.0483. The van der Waals surface area contributed by atoms with Gasteiger partial charge in [-0.2, -0.15) is 0 Å². The van der Waals surface area contributed by atoms with Gasteiger partial charge in [-0.05, 0) is 0 Å². The molecule has 5 heteroatoms. The van der Waals surface area contributed by atoms with E-state index in [2.05, 4.69) is 0 Å². The fourth-order valence-corrected chi connectivity index (χ4v) is 0. The van der Waals surface area contributed by atoms with Gasteiger partial charge in [0.1, 0.15) is 0 Å². The van der Waals surface area contributed by atoms with Crippen molar-refractivity contribution < 1.29 is 32.9 Å². The predicted molar refractivity (Wildman–Crippen MR) is 5.67 cm³/mol. The molecule has 0 saturated heterocycles. The molecular formula is H2MoO4. The zero-order valence-corrected chi connectivity index (χ0v) is 4.14. The van der Waals surface area contributed by atoms with Crippen LogP contribution in [0.4, 0.5) is 0 Å². The van der Waals surface area contributed by atoms with Gasteiger partial charge in [-0.25, -0.2) is 0 Å². The first-order valence-electron chi connectivity index (χ1n) is 0.500. The van der Waals surface area contributed by atoms with E-state index in [1.165, 1.54) is 0 Å². The minimum atomic E-state index is -4.11. The first-order chi connectivity index (χ1) is 1.73. The van der Waals surface area contributed by atoms with E-state index in [-0.39, 0.29) is 5.48 Å². The van der Waals surface area contributed by atoms with Gasteiger partial charge in [0.15, 0.2) is 0 Å². The van der Waals surface area contributed by atoms with Crippen molar-refractivity contribution in [3.05, 3.63) is 0 Å². The first-order valence-corrected chi connectivity index (χ1v) is 2.96. The van der Waals surface area contributed by atoms with Crippen LogP contribution < -0.4 is 0 Å². The molecule has 0 saturated carbocycles. The Morgan fingerprint density at radius 1 is 1.00 bits per heavy atom. The van der Waals surface area contributed by atoms with Crippen LogP contribution in [-0.4, -0.2) is 5.48 Å². The van der Waals surface area contributed by atoms with Crippen LogP contribution in [0.25, 0.3) is 0 Å². The van der Waals surface area contributed by atoms with Crippen molar-refractivity contribution in [3.63, 3.8) is 0 Å². The van der Waals surface area contributed by atoms with Crippen LogP contribution in [0.2, 0.25) is 0 Å². The molecule has 2 N–H and O–H groups in total. The van der Waals surface area contributed by atoms with Crippen molar-refractivity contribution >= 4 is 0 Å². The second kappa shape index (κ2) is 4.05. The molecular weight excluding hydrogens is 160 g/mol. The van der Waals surface area contributed by atoms with Crippen molar-refractivity contribution in [1.29, 1.82) is 0 Å². The topological polar surface area (TPSA) is 82.7 Å². The third kappa shape index (κ3) is 7280. The molecule has 0 aliphatic carbocycles. The molecule has 0 aromatic heterocycles. The molecule has 0 amide bonds. The van der Waals surface area contributed by atoms with Crippen LogP contribution in [0.15, 0.2) is 0 Å². The summed E-state index contributed by atoms with van der Waals surface area (Å²) in [6.07, 6.45) is 0. The van der Waals surface area contributed by atoms with Gasteiger partial charge >= 0.3 is 27.4 Å². The van der Waals surface area contributed by atoms with Gasteiger partial charge in [0.2, 0.25) is 0 Å². The molecule has 0 bridgehead atoms. The average molecular weight is 162 g/mol. The van der Waals surface area contributed by atoms with Gasteiger partial charge in [-0.1, -0.05) is 0 Å². The summed E-state index contributed by atoms with van der Waals surface area (Å²) in [5.41, 5.74) is 0. The Bertz CT molecular complexity index is 73.0. The molecule has 0 aliphatic rings. The maximum absolute atomic E-state index is 8.59. The second-order valence-corrected chi connectivity index (χ2v) is 1.21. The zero-order valence-electron chi connectivity index (χ0n) is 2.13.